The molecule has 1 atom stereocenters. The number of likely N-dealkylation sites (tertiary alicyclic amines) is 1. The lowest BCUT2D eigenvalue weighted by molar-refractivity contribution is 0.157. The Morgan fingerprint density at radius 3 is 2.57 bits per heavy atom. The summed E-state index contributed by atoms with van der Waals surface area (Å²) >= 11 is 0. The zero-order chi connectivity index (χ0) is 19.6. The molecule has 1 saturated heterocycles. The summed E-state index contributed by atoms with van der Waals surface area (Å²) in [5.41, 5.74) is 0.723. The van der Waals surface area contributed by atoms with E-state index >= 15 is 0 Å². The Labute approximate surface area is 166 Å². The summed E-state index contributed by atoms with van der Waals surface area (Å²) in [4.78, 5) is 14.4. The van der Waals surface area contributed by atoms with E-state index < -0.39 is 0 Å². The SMILES string of the molecule is O=C(NCCCCN1CCCC1CO)Nc1ccc(Oc2ccccc2)cc1. The van der Waals surface area contributed by atoms with Gasteiger partial charge in [0.05, 0.1) is 6.61 Å². The van der Waals surface area contributed by atoms with Gasteiger partial charge in [-0.05, 0) is 75.2 Å². The van der Waals surface area contributed by atoms with Crippen molar-refractivity contribution in [2.24, 2.45) is 0 Å². The Morgan fingerprint density at radius 1 is 1.07 bits per heavy atom. The predicted molar refractivity (Wildman–Crippen MR) is 111 cm³/mol. The first kappa shape index (κ1) is 20.2. The standard InChI is InChI=1S/C22H29N3O3/c26-17-19-7-6-16-25(19)15-5-4-14-23-22(27)24-18-10-12-21(13-11-18)28-20-8-2-1-3-9-20/h1-3,8-13,19,26H,4-7,14-17H2,(H2,23,24,27). The van der Waals surface area contributed by atoms with Gasteiger partial charge in [0.25, 0.3) is 0 Å². The molecular formula is C22H29N3O3. The van der Waals surface area contributed by atoms with Gasteiger partial charge in [0.15, 0.2) is 0 Å². The molecule has 3 N–H and O–H groups in total. The molecule has 1 aliphatic heterocycles. The van der Waals surface area contributed by atoms with Crippen molar-refractivity contribution in [2.75, 3.05) is 31.6 Å². The number of nitrogens with zero attached hydrogens (tertiary/aromatic N) is 1. The maximum Gasteiger partial charge on any atom is 0.319 e. The molecule has 0 saturated carbocycles. The van der Waals surface area contributed by atoms with Crippen molar-refractivity contribution in [1.29, 1.82) is 0 Å². The molecule has 2 amide bonds. The third kappa shape index (κ3) is 6.25. The summed E-state index contributed by atoms with van der Waals surface area (Å²) in [6, 6.07) is 17.0. The summed E-state index contributed by atoms with van der Waals surface area (Å²) in [7, 11) is 0. The maximum atomic E-state index is 12.0. The zero-order valence-electron chi connectivity index (χ0n) is 16.1. The lowest BCUT2D eigenvalue weighted by Gasteiger charge is -2.22. The Balaban J connectivity index is 1.32. The molecule has 150 valence electrons. The smallest absolute Gasteiger partial charge is 0.319 e. The Bertz CT molecular complexity index is 722. The minimum absolute atomic E-state index is 0.203. The minimum Gasteiger partial charge on any atom is -0.457 e. The second kappa shape index (κ2) is 10.7. The molecule has 0 radical (unpaired) electrons. The summed E-state index contributed by atoms with van der Waals surface area (Å²) in [5.74, 6) is 1.50. The van der Waals surface area contributed by atoms with E-state index in [9.17, 15) is 9.90 Å². The average molecular weight is 383 g/mol. The number of rotatable bonds is 9. The van der Waals surface area contributed by atoms with Crippen molar-refractivity contribution in [3.05, 3.63) is 54.6 Å². The highest BCUT2D eigenvalue weighted by Crippen LogP contribution is 2.22. The maximum absolute atomic E-state index is 12.0. The molecule has 2 aromatic rings. The van der Waals surface area contributed by atoms with Gasteiger partial charge in [0, 0.05) is 18.3 Å². The number of para-hydroxylation sites is 1. The highest BCUT2D eigenvalue weighted by Gasteiger charge is 2.22. The normalized spacial score (nSPS) is 16.7. The van der Waals surface area contributed by atoms with Crippen LogP contribution in [0, 0.1) is 0 Å². The molecule has 1 heterocycles. The van der Waals surface area contributed by atoms with Gasteiger partial charge in [0.1, 0.15) is 11.5 Å². The number of carbonyl (C=O) groups is 1. The molecule has 6 heteroatoms. The Morgan fingerprint density at radius 2 is 1.82 bits per heavy atom. The molecule has 3 rings (SSSR count). The molecule has 6 nitrogen and oxygen atoms in total. The number of amides is 2. The number of anilines is 1. The molecule has 1 fully saturated rings. The number of hydrogen-bond acceptors (Lipinski definition) is 4. The molecular weight excluding hydrogens is 354 g/mol. The average Bonchev–Trinajstić information content (AvgIpc) is 3.17. The van der Waals surface area contributed by atoms with Crippen LogP contribution in [-0.2, 0) is 0 Å². The van der Waals surface area contributed by atoms with Crippen LogP contribution in [0.3, 0.4) is 0 Å². The molecule has 0 aliphatic carbocycles. The second-order valence-corrected chi connectivity index (χ2v) is 7.04. The molecule has 28 heavy (non-hydrogen) atoms. The van der Waals surface area contributed by atoms with Gasteiger partial charge in [-0.1, -0.05) is 18.2 Å². The molecule has 0 bridgehead atoms. The van der Waals surface area contributed by atoms with E-state index in [0.717, 1.165) is 49.5 Å². The molecule has 0 spiro atoms. The molecule has 1 aliphatic rings. The van der Waals surface area contributed by atoms with Crippen LogP contribution in [0.15, 0.2) is 54.6 Å². The fourth-order valence-corrected chi connectivity index (χ4v) is 3.44. The van der Waals surface area contributed by atoms with Crippen LogP contribution in [0.4, 0.5) is 10.5 Å². The number of carbonyl (C=O) groups excluding carboxylic acids is 1. The Kier molecular flexibility index (Phi) is 7.70. The van der Waals surface area contributed by atoms with E-state index in [1.807, 2.05) is 54.6 Å². The zero-order valence-corrected chi connectivity index (χ0v) is 16.1. The van der Waals surface area contributed by atoms with Crippen LogP contribution >= 0.6 is 0 Å². The van der Waals surface area contributed by atoms with E-state index in [2.05, 4.69) is 15.5 Å². The summed E-state index contributed by atoms with van der Waals surface area (Å²) < 4.78 is 5.74. The van der Waals surface area contributed by atoms with E-state index in [1.54, 1.807) is 0 Å². The summed E-state index contributed by atoms with van der Waals surface area (Å²) in [5, 5.41) is 15.0. The van der Waals surface area contributed by atoms with Crippen LogP contribution in [0.1, 0.15) is 25.7 Å². The van der Waals surface area contributed by atoms with Crippen LogP contribution in [0.25, 0.3) is 0 Å². The van der Waals surface area contributed by atoms with Crippen molar-refractivity contribution < 1.29 is 14.6 Å². The monoisotopic (exact) mass is 383 g/mol. The van der Waals surface area contributed by atoms with Gasteiger partial charge in [-0.25, -0.2) is 4.79 Å². The first-order valence-corrected chi connectivity index (χ1v) is 9.97. The number of unbranched alkanes of at least 4 members (excludes halogenated alkanes) is 1. The first-order valence-electron chi connectivity index (χ1n) is 9.97. The topological polar surface area (TPSA) is 73.8 Å². The van der Waals surface area contributed by atoms with Crippen molar-refractivity contribution in [3.8, 4) is 11.5 Å². The van der Waals surface area contributed by atoms with E-state index in [4.69, 9.17) is 4.74 Å². The van der Waals surface area contributed by atoms with Crippen LogP contribution in [0.2, 0.25) is 0 Å². The molecule has 0 aromatic heterocycles. The van der Waals surface area contributed by atoms with Crippen LogP contribution in [-0.4, -0.2) is 48.3 Å². The fourth-order valence-electron chi connectivity index (χ4n) is 3.44. The second-order valence-electron chi connectivity index (χ2n) is 7.04. The first-order chi connectivity index (χ1) is 13.7. The van der Waals surface area contributed by atoms with Crippen molar-refractivity contribution in [2.45, 2.75) is 31.7 Å². The number of aliphatic hydroxyl groups is 1. The van der Waals surface area contributed by atoms with E-state index in [0.29, 0.717) is 12.6 Å². The van der Waals surface area contributed by atoms with Gasteiger partial charge in [-0.3, -0.25) is 4.90 Å². The minimum atomic E-state index is -0.203. The summed E-state index contributed by atoms with van der Waals surface area (Å²) in [6.07, 6.45) is 4.20. The molecule has 2 aromatic carbocycles. The summed E-state index contributed by atoms with van der Waals surface area (Å²) in [6.45, 7) is 2.94. The lowest BCUT2D eigenvalue weighted by atomic mass is 10.2. The van der Waals surface area contributed by atoms with Gasteiger partial charge >= 0.3 is 6.03 Å². The number of benzene rings is 2. The lowest BCUT2D eigenvalue weighted by Crippen LogP contribution is -2.34. The van der Waals surface area contributed by atoms with Gasteiger partial charge in [-0.2, -0.15) is 0 Å². The third-order valence-corrected chi connectivity index (χ3v) is 4.96. The van der Waals surface area contributed by atoms with Crippen molar-refractivity contribution in [1.82, 2.24) is 10.2 Å². The number of urea groups is 1. The highest BCUT2D eigenvalue weighted by atomic mass is 16.5. The van der Waals surface area contributed by atoms with Crippen molar-refractivity contribution in [3.63, 3.8) is 0 Å². The van der Waals surface area contributed by atoms with Gasteiger partial charge in [-0.15, -0.1) is 0 Å². The van der Waals surface area contributed by atoms with Gasteiger partial charge in [0.2, 0.25) is 0 Å². The highest BCUT2D eigenvalue weighted by molar-refractivity contribution is 5.89. The van der Waals surface area contributed by atoms with E-state index in [1.165, 1.54) is 6.42 Å². The quantitative estimate of drug-likeness (QED) is 0.575. The largest absolute Gasteiger partial charge is 0.457 e. The number of ether oxygens (including phenoxy) is 1. The Hall–Kier alpha value is -2.57. The third-order valence-electron chi connectivity index (χ3n) is 4.96. The number of hydrogen-bond donors (Lipinski definition) is 3. The van der Waals surface area contributed by atoms with Gasteiger partial charge < -0.3 is 20.5 Å². The predicted octanol–water partition coefficient (Wildman–Crippen LogP) is 3.84. The van der Waals surface area contributed by atoms with Crippen LogP contribution in [0.5, 0.6) is 11.5 Å². The van der Waals surface area contributed by atoms with Crippen molar-refractivity contribution >= 4 is 11.7 Å². The fraction of sp³-hybridized carbons (Fsp3) is 0.409. The number of nitrogens with one attached hydrogen (secondary N) is 2. The van der Waals surface area contributed by atoms with E-state index in [-0.39, 0.29) is 12.6 Å². The van der Waals surface area contributed by atoms with Crippen LogP contribution < -0.4 is 15.4 Å². The molecule has 1 unspecified atom stereocenters. The number of aliphatic hydroxyl groups excluding tert-OH is 1.